The average Bonchev–Trinajstić information content (AvgIpc) is 3.15. The van der Waals surface area contributed by atoms with E-state index in [2.05, 4.69) is 66.0 Å². The smallest absolute Gasteiger partial charge is 0.306 e. The predicted octanol–water partition coefficient (Wildman–Crippen LogP) is 14.9. The van der Waals surface area contributed by atoms with Gasteiger partial charge in [-0.05, 0) is 44.4 Å². The zero-order valence-electron chi connectivity index (χ0n) is 39.0. The number of rotatable bonds is 41. The number of hydrogen-bond acceptors (Lipinski definition) is 4. The van der Waals surface area contributed by atoms with E-state index >= 15 is 0 Å². The normalized spacial score (nSPS) is 13.1. The summed E-state index contributed by atoms with van der Waals surface area (Å²) in [6, 6.07) is 0. The molecule has 2 N–H and O–H groups in total. The highest BCUT2D eigenvalue weighted by molar-refractivity contribution is 5.85. The van der Waals surface area contributed by atoms with Crippen LogP contribution in [0.15, 0.2) is 0 Å². The van der Waals surface area contributed by atoms with Gasteiger partial charge in [0, 0.05) is 18.4 Å². The third kappa shape index (κ3) is 31.4. The highest BCUT2D eigenvalue weighted by Crippen LogP contribution is 2.37. The molecule has 2 unspecified atom stereocenters. The summed E-state index contributed by atoms with van der Waals surface area (Å²) in [5, 5.41) is 6.14. The van der Waals surface area contributed by atoms with Crippen molar-refractivity contribution in [3.63, 3.8) is 0 Å². The van der Waals surface area contributed by atoms with Gasteiger partial charge in [0.15, 0.2) is 6.10 Å². The van der Waals surface area contributed by atoms with Crippen LogP contribution in [0.25, 0.3) is 0 Å². The lowest BCUT2D eigenvalue weighted by molar-refractivity contribution is -0.157. The quantitative estimate of drug-likeness (QED) is 0.0477. The van der Waals surface area contributed by atoms with E-state index in [-0.39, 0.29) is 29.7 Å². The van der Waals surface area contributed by atoms with Gasteiger partial charge in [-0.1, -0.05) is 228 Å². The first kappa shape index (κ1) is 54.4. The first-order valence-electron chi connectivity index (χ1n) is 24.7. The van der Waals surface area contributed by atoms with Crippen LogP contribution in [0.3, 0.4) is 0 Å². The number of hydrogen-bond donors (Lipinski definition) is 2. The molecule has 6 heteroatoms. The van der Waals surface area contributed by atoms with Crippen molar-refractivity contribution in [2.24, 2.45) is 11.3 Å². The molecule has 0 aromatic heterocycles. The fraction of sp³-hybridized carbons (Fsp3) is 0.940. The van der Waals surface area contributed by atoms with E-state index in [9.17, 15) is 14.4 Å². The number of esters is 1. The van der Waals surface area contributed by atoms with E-state index in [1.807, 2.05) is 0 Å². The maximum Gasteiger partial charge on any atom is 0.306 e. The van der Waals surface area contributed by atoms with Crippen molar-refractivity contribution in [3.8, 4) is 0 Å². The third-order valence-corrected chi connectivity index (χ3v) is 12.7. The second kappa shape index (κ2) is 36.5. The van der Waals surface area contributed by atoms with Crippen LogP contribution in [0.1, 0.15) is 274 Å². The van der Waals surface area contributed by atoms with E-state index in [1.54, 1.807) is 0 Å². The Morgan fingerprint density at radius 2 is 0.839 bits per heavy atom. The van der Waals surface area contributed by atoms with Gasteiger partial charge in [-0.15, -0.1) is 0 Å². The highest BCUT2D eigenvalue weighted by atomic mass is 16.5. The molecule has 0 spiro atoms. The summed E-state index contributed by atoms with van der Waals surface area (Å²) < 4.78 is 5.81. The van der Waals surface area contributed by atoms with Crippen molar-refractivity contribution < 1.29 is 19.1 Å². The summed E-state index contributed by atoms with van der Waals surface area (Å²) in [6.07, 6.45) is 40.1. The number of amides is 2. The fourth-order valence-corrected chi connectivity index (χ4v) is 7.83. The zero-order valence-corrected chi connectivity index (χ0v) is 39.0. The van der Waals surface area contributed by atoms with E-state index in [0.29, 0.717) is 18.8 Å². The molecule has 0 radical (unpaired) electrons. The Hall–Kier alpha value is -1.59. The Morgan fingerprint density at radius 3 is 1.20 bits per heavy atom. The number of ether oxygens (including phenoxy) is 1. The molecule has 0 aliphatic heterocycles. The van der Waals surface area contributed by atoms with Gasteiger partial charge in [-0.2, -0.15) is 0 Å². The lowest BCUT2D eigenvalue weighted by Gasteiger charge is -2.44. The summed E-state index contributed by atoms with van der Waals surface area (Å²) in [7, 11) is 0. The van der Waals surface area contributed by atoms with Crippen LogP contribution in [0.2, 0.25) is 0 Å². The molecule has 0 saturated carbocycles. The summed E-state index contributed by atoms with van der Waals surface area (Å²) >= 11 is 0. The van der Waals surface area contributed by atoms with Crippen LogP contribution in [0.4, 0.5) is 0 Å². The SMILES string of the molecule is CCCCCCCCCCCCCCCCCC(=O)NCC(OC(=O)CCCCCCCCCCCCCCCCC)C(=O)NC(C)(C)C(C)(C)CC(C)CC. The maximum atomic E-state index is 13.7. The van der Waals surface area contributed by atoms with Crippen LogP contribution >= 0.6 is 0 Å². The standard InChI is InChI=1S/C50H98N2O4/c1-9-12-14-16-18-20-22-24-26-28-30-32-34-36-38-40-46(53)51-43-45(48(55)52-50(7,8)49(5,6)42-44(4)11-3)56-47(54)41-39-37-35-33-31-29-27-25-23-21-19-17-15-13-10-2/h44-45H,9-43H2,1-8H3,(H,51,53)(H,52,55). The van der Waals surface area contributed by atoms with Crippen molar-refractivity contribution in [2.75, 3.05) is 6.54 Å². The summed E-state index contributed by atoms with van der Waals surface area (Å²) in [4.78, 5) is 39.5. The van der Waals surface area contributed by atoms with Crippen LogP contribution in [0, 0.1) is 11.3 Å². The molecule has 6 nitrogen and oxygen atoms in total. The second-order valence-corrected chi connectivity index (χ2v) is 18.9. The van der Waals surface area contributed by atoms with Crippen LogP contribution < -0.4 is 10.6 Å². The molecule has 0 aromatic carbocycles. The molecule has 0 saturated heterocycles. The summed E-state index contributed by atoms with van der Waals surface area (Å²) in [5.74, 6) is -0.228. The largest absolute Gasteiger partial charge is 0.450 e. The molecule has 0 heterocycles. The number of unbranched alkanes of at least 4 members (excludes halogenated alkanes) is 28. The number of carbonyl (C=O) groups is 3. The van der Waals surface area contributed by atoms with E-state index in [0.717, 1.165) is 51.4 Å². The molecule has 0 aliphatic carbocycles. The molecule has 2 atom stereocenters. The van der Waals surface area contributed by atoms with Gasteiger partial charge < -0.3 is 15.4 Å². The summed E-state index contributed by atoms with van der Waals surface area (Å²) in [6.45, 7) is 17.5. The Kier molecular flexibility index (Phi) is 35.5. The van der Waals surface area contributed by atoms with Crippen LogP contribution in [-0.2, 0) is 19.1 Å². The molecule has 0 rings (SSSR count). The second-order valence-electron chi connectivity index (χ2n) is 18.9. The first-order chi connectivity index (χ1) is 26.9. The Bertz CT molecular complexity index is 932. The third-order valence-electron chi connectivity index (χ3n) is 12.7. The first-order valence-corrected chi connectivity index (χ1v) is 24.7. The zero-order chi connectivity index (χ0) is 41.8. The van der Waals surface area contributed by atoms with E-state index < -0.39 is 11.6 Å². The van der Waals surface area contributed by atoms with Gasteiger partial charge in [0.05, 0.1) is 6.54 Å². The lowest BCUT2D eigenvalue weighted by Crippen LogP contribution is -2.58. The van der Waals surface area contributed by atoms with Crippen molar-refractivity contribution in [2.45, 2.75) is 285 Å². The van der Waals surface area contributed by atoms with E-state index in [4.69, 9.17) is 4.74 Å². The monoisotopic (exact) mass is 791 g/mol. The molecular weight excluding hydrogens is 693 g/mol. The van der Waals surface area contributed by atoms with Gasteiger partial charge in [0.1, 0.15) is 0 Å². The van der Waals surface area contributed by atoms with Gasteiger partial charge in [0.25, 0.3) is 5.91 Å². The van der Waals surface area contributed by atoms with Crippen molar-refractivity contribution in [3.05, 3.63) is 0 Å². The molecule has 0 aromatic rings. The van der Waals surface area contributed by atoms with Crippen LogP contribution in [-0.4, -0.2) is 36.0 Å². The van der Waals surface area contributed by atoms with E-state index in [1.165, 1.54) is 154 Å². The van der Waals surface area contributed by atoms with Gasteiger partial charge in [0.2, 0.25) is 5.91 Å². The Labute approximate surface area is 349 Å². The lowest BCUT2D eigenvalue weighted by atomic mass is 9.69. The van der Waals surface area contributed by atoms with Gasteiger partial charge in [-0.25, -0.2) is 0 Å². The number of carbonyl (C=O) groups excluding carboxylic acids is 3. The van der Waals surface area contributed by atoms with Crippen LogP contribution in [0.5, 0.6) is 0 Å². The van der Waals surface area contributed by atoms with Crippen molar-refractivity contribution in [1.82, 2.24) is 10.6 Å². The average molecular weight is 791 g/mol. The highest BCUT2D eigenvalue weighted by Gasteiger charge is 2.40. The molecule has 0 fully saturated rings. The summed E-state index contributed by atoms with van der Waals surface area (Å²) in [5.41, 5.74) is -0.693. The minimum atomic E-state index is -1.04. The molecule has 56 heavy (non-hydrogen) atoms. The molecule has 332 valence electrons. The molecule has 2 amide bonds. The predicted molar refractivity (Wildman–Crippen MR) is 242 cm³/mol. The van der Waals surface area contributed by atoms with Gasteiger partial charge >= 0.3 is 5.97 Å². The number of nitrogens with one attached hydrogen (secondary N) is 2. The molecular formula is C50H98N2O4. The fourth-order valence-electron chi connectivity index (χ4n) is 7.83. The molecule has 0 aliphatic rings. The minimum absolute atomic E-state index is 0.00980. The molecule has 0 bridgehead atoms. The van der Waals surface area contributed by atoms with Gasteiger partial charge in [-0.3, -0.25) is 14.4 Å². The minimum Gasteiger partial charge on any atom is -0.450 e. The Morgan fingerprint density at radius 1 is 0.500 bits per heavy atom. The van der Waals surface area contributed by atoms with Crippen molar-refractivity contribution >= 4 is 17.8 Å². The Balaban J connectivity index is 4.58. The maximum absolute atomic E-state index is 13.7. The van der Waals surface area contributed by atoms with Crippen molar-refractivity contribution in [1.29, 1.82) is 0 Å². The topological polar surface area (TPSA) is 84.5 Å².